The maximum atomic E-state index is 12.5. The topological polar surface area (TPSA) is 115 Å². The number of ether oxygens (including phenoxy) is 3. The van der Waals surface area contributed by atoms with E-state index >= 15 is 0 Å². The number of hydrogen-bond donors (Lipinski definition) is 2. The number of nitrogens with two attached hydrogens (primary N) is 1. The van der Waals surface area contributed by atoms with E-state index in [2.05, 4.69) is 15.3 Å². The Hall–Kier alpha value is -2.85. The van der Waals surface area contributed by atoms with Crippen LogP contribution in [0.5, 0.6) is 11.5 Å². The van der Waals surface area contributed by atoms with Gasteiger partial charge in [0.1, 0.15) is 6.10 Å². The van der Waals surface area contributed by atoms with Gasteiger partial charge in [-0.1, -0.05) is 0 Å². The summed E-state index contributed by atoms with van der Waals surface area (Å²) in [6.07, 6.45) is 1.47. The third-order valence-corrected chi connectivity index (χ3v) is 5.41. The van der Waals surface area contributed by atoms with Crippen molar-refractivity contribution in [3.05, 3.63) is 12.1 Å². The van der Waals surface area contributed by atoms with Crippen LogP contribution in [0.25, 0.3) is 10.9 Å². The number of anilines is 2. The largest absolute Gasteiger partial charge is 0.493 e. The predicted molar refractivity (Wildman–Crippen MR) is 108 cm³/mol. The molecule has 1 amide bonds. The van der Waals surface area contributed by atoms with E-state index in [9.17, 15) is 4.79 Å². The molecule has 3 N–H and O–H groups in total. The lowest BCUT2D eigenvalue weighted by Gasteiger charge is -2.35. The Morgan fingerprint density at radius 2 is 1.90 bits per heavy atom. The number of fused-ring (bicyclic) bond motifs is 1. The minimum atomic E-state index is -0.283. The SMILES string of the molecule is COc1cc2nc(N3CCN(C(=O)C4CCCO4)CC3)nc(NN)c2cc1OC. The van der Waals surface area contributed by atoms with Gasteiger partial charge in [0.2, 0.25) is 5.95 Å². The van der Waals surface area contributed by atoms with Crippen LogP contribution >= 0.6 is 0 Å². The summed E-state index contributed by atoms with van der Waals surface area (Å²) in [5.41, 5.74) is 3.34. The number of piperazine rings is 1. The van der Waals surface area contributed by atoms with Crippen LogP contribution in [-0.2, 0) is 9.53 Å². The lowest BCUT2D eigenvalue weighted by molar-refractivity contribution is -0.141. The third-order valence-electron chi connectivity index (χ3n) is 5.41. The summed E-state index contributed by atoms with van der Waals surface area (Å²) in [4.78, 5) is 25.7. The first-order chi connectivity index (χ1) is 14.1. The molecule has 2 aliphatic rings. The summed E-state index contributed by atoms with van der Waals surface area (Å²) >= 11 is 0. The molecule has 10 nitrogen and oxygen atoms in total. The van der Waals surface area contributed by atoms with Crippen molar-refractivity contribution in [3.63, 3.8) is 0 Å². The number of nitrogen functional groups attached to an aromatic ring is 1. The van der Waals surface area contributed by atoms with E-state index in [4.69, 9.17) is 25.0 Å². The molecule has 4 rings (SSSR count). The van der Waals surface area contributed by atoms with Gasteiger partial charge in [0.05, 0.1) is 19.7 Å². The second-order valence-electron chi connectivity index (χ2n) is 7.05. The molecular formula is C19H26N6O4. The van der Waals surface area contributed by atoms with Gasteiger partial charge in [0.15, 0.2) is 17.3 Å². The number of benzene rings is 1. The van der Waals surface area contributed by atoms with Crippen LogP contribution in [0, 0.1) is 0 Å². The Labute approximate surface area is 168 Å². The molecule has 2 aliphatic heterocycles. The van der Waals surface area contributed by atoms with E-state index in [1.165, 1.54) is 0 Å². The molecule has 10 heteroatoms. The number of rotatable bonds is 5. The molecule has 3 heterocycles. The van der Waals surface area contributed by atoms with Crippen molar-refractivity contribution in [2.75, 3.05) is 57.3 Å². The number of hydrogen-bond acceptors (Lipinski definition) is 9. The van der Waals surface area contributed by atoms with Crippen molar-refractivity contribution in [1.82, 2.24) is 14.9 Å². The van der Waals surface area contributed by atoms with Crippen molar-refractivity contribution in [2.45, 2.75) is 18.9 Å². The molecule has 0 bridgehead atoms. The Kier molecular flexibility index (Phi) is 5.54. The zero-order valence-electron chi connectivity index (χ0n) is 16.7. The smallest absolute Gasteiger partial charge is 0.251 e. The van der Waals surface area contributed by atoms with Gasteiger partial charge in [-0.15, -0.1) is 0 Å². The molecule has 0 radical (unpaired) electrons. The fourth-order valence-corrected chi connectivity index (χ4v) is 3.80. The fourth-order valence-electron chi connectivity index (χ4n) is 3.80. The van der Waals surface area contributed by atoms with Crippen molar-refractivity contribution in [1.29, 1.82) is 0 Å². The van der Waals surface area contributed by atoms with Crippen molar-refractivity contribution >= 4 is 28.6 Å². The van der Waals surface area contributed by atoms with Gasteiger partial charge >= 0.3 is 0 Å². The van der Waals surface area contributed by atoms with Gasteiger partial charge in [-0.05, 0) is 18.9 Å². The number of aromatic nitrogens is 2. The molecule has 1 atom stereocenters. The summed E-state index contributed by atoms with van der Waals surface area (Å²) in [5, 5.41) is 0.737. The van der Waals surface area contributed by atoms with Crippen molar-refractivity contribution in [3.8, 4) is 11.5 Å². The van der Waals surface area contributed by atoms with E-state index in [1.54, 1.807) is 26.4 Å². The minimum absolute atomic E-state index is 0.0859. The molecular weight excluding hydrogens is 376 g/mol. The summed E-state index contributed by atoms with van der Waals surface area (Å²) in [7, 11) is 3.16. The molecule has 0 spiro atoms. The lowest BCUT2D eigenvalue weighted by Crippen LogP contribution is -2.51. The van der Waals surface area contributed by atoms with E-state index < -0.39 is 0 Å². The third kappa shape index (κ3) is 3.73. The first-order valence-corrected chi connectivity index (χ1v) is 9.70. The highest BCUT2D eigenvalue weighted by Crippen LogP contribution is 2.34. The van der Waals surface area contributed by atoms with Gasteiger partial charge in [-0.25, -0.2) is 10.8 Å². The first-order valence-electron chi connectivity index (χ1n) is 9.70. The molecule has 1 unspecified atom stereocenters. The van der Waals surface area contributed by atoms with E-state index in [-0.39, 0.29) is 12.0 Å². The van der Waals surface area contributed by atoms with Crippen LogP contribution in [0.2, 0.25) is 0 Å². The van der Waals surface area contributed by atoms with Crippen LogP contribution in [0.15, 0.2) is 12.1 Å². The average Bonchev–Trinajstić information content (AvgIpc) is 3.31. The van der Waals surface area contributed by atoms with Crippen LogP contribution in [0.3, 0.4) is 0 Å². The highest BCUT2D eigenvalue weighted by molar-refractivity contribution is 5.92. The standard InChI is InChI=1S/C19H26N6O4/c1-27-15-10-12-13(11-16(15)28-2)21-19(22-17(12)23-20)25-7-5-24(6-8-25)18(26)14-4-3-9-29-14/h10-11,14H,3-9,20H2,1-2H3,(H,21,22,23). The number of carbonyl (C=O) groups excluding carboxylic acids is 1. The Morgan fingerprint density at radius 3 is 2.52 bits per heavy atom. The number of nitrogens with zero attached hydrogens (tertiary/aromatic N) is 4. The maximum absolute atomic E-state index is 12.5. The molecule has 1 aromatic carbocycles. The normalized spacial score (nSPS) is 19.5. The lowest BCUT2D eigenvalue weighted by atomic mass is 10.2. The molecule has 29 heavy (non-hydrogen) atoms. The van der Waals surface area contributed by atoms with Crippen LogP contribution < -0.4 is 25.6 Å². The second-order valence-corrected chi connectivity index (χ2v) is 7.05. The van der Waals surface area contributed by atoms with Gasteiger partial charge in [-0.3, -0.25) is 4.79 Å². The average molecular weight is 402 g/mol. The molecule has 1 aromatic heterocycles. The predicted octanol–water partition coefficient (Wildman–Crippen LogP) is 0.760. The summed E-state index contributed by atoms with van der Waals surface area (Å²) < 4.78 is 16.3. The fraction of sp³-hybridized carbons (Fsp3) is 0.526. The van der Waals surface area contributed by atoms with E-state index in [1.807, 2.05) is 4.90 Å². The minimum Gasteiger partial charge on any atom is -0.493 e. The zero-order chi connectivity index (χ0) is 20.4. The quantitative estimate of drug-likeness (QED) is 0.552. The van der Waals surface area contributed by atoms with Gasteiger partial charge in [0, 0.05) is 44.2 Å². The molecule has 0 aliphatic carbocycles. The number of hydrazine groups is 1. The molecule has 2 fully saturated rings. The molecule has 2 saturated heterocycles. The number of methoxy groups -OCH3 is 2. The monoisotopic (exact) mass is 402 g/mol. The van der Waals surface area contributed by atoms with Crippen LogP contribution in [0.1, 0.15) is 12.8 Å². The van der Waals surface area contributed by atoms with Crippen LogP contribution in [-0.4, -0.2) is 73.9 Å². The molecule has 156 valence electrons. The van der Waals surface area contributed by atoms with Gasteiger partial charge < -0.3 is 29.4 Å². The molecule has 2 aromatic rings. The van der Waals surface area contributed by atoms with E-state index in [0.717, 1.165) is 18.2 Å². The number of amides is 1. The Balaban J connectivity index is 1.55. The summed E-state index contributed by atoms with van der Waals surface area (Å²) in [5.74, 6) is 8.02. The van der Waals surface area contributed by atoms with E-state index in [0.29, 0.717) is 61.6 Å². The van der Waals surface area contributed by atoms with Crippen molar-refractivity contribution in [2.24, 2.45) is 5.84 Å². The summed E-state index contributed by atoms with van der Waals surface area (Å²) in [6, 6.07) is 3.60. The first kappa shape index (κ1) is 19.5. The van der Waals surface area contributed by atoms with Crippen LogP contribution in [0.4, 0.5) is 11.8 Å². The summed E-state index contributed by atoms with van der Waals surface area (Å²) in [6.45, 7) is 3.17. The number of carbonyl (C=O) groups is 1. The Bertz CT molecular complexity index is 894. The van der Waals surface area contributed by atoms with Gasteiger partial charge in [0.25, 0.3) is 5.91 Å². The molecule has 0 saturated carbocycles. The zero-order valence-corrected chi connectivity index (χ0v) is 16.7. The Morgan fingerprint density at radius 1 is 1.17 bits per heavy atom. The maximum Gasteiger partial charge on any atom is 0.251 e. The number of nitrogens with one attached hydrogen (secondary N) is 1. The van der Waals surface area contributed by atoms with Gasteiger partial charge in [-0.2, -0.15) is 4.98 Å². The second kappa shape index (κ2) is 8.26. The highest BCUT2D eigenvalue weighted by Gasteiger charge is 2.31. The highest BCUT2D eigenvalue weighted by atomic mass is 16.5. The van der Waals surface area contributed by atoms with Crippen molar-refractivity contribution < 1.29 is 19.0 Å².